The molecule has 1 aromatic heterocycles. The number of nitrogens with two attached hydrogens (primary N) is 1. The van der Waals surface area contributed by atoms with E-state index < -0.39 is 0 Å². The number of amides is 1. The molecular weight excluding hydrogens is 358 g/mol. The van der Waals surface area contributed by atoms with Crippen molar-refractivity contribution >= 4 is 23.4 Å². The molecular formula is C21H29N3O2S. The summed E-state index contributed by atoms with van der Waals surface area (Å²) in [6.45, 7) is 8.85. The third kappa shape index (κ3) is 3.55. The largest absolute Gasteiger partial charge is 0.495 e. The van der Waals surface area contributed by atoms with Crippen molar-refractivity contribution in [3.63, 3.8) is 0 Å². The summed E-state index contributed by atoms with van der Waals surface area (Å²) >= 11 is 1.77. The van der Waals surface area contributed by atoms with Crippen LogP contribution in [0.1, 0.15) is 48.0 Å². The lowest BCUT2D eigenvalue weighted by atomic mass is 9.95. The van der Waals surface area contributed by atoms with Crippen LogP contribution in [0.25, 0.3) is 11.3 Å². The third-order valence-corrected chi connectivity index (χ3v) is 5.52. The average Bonchev–Trinajstić information content (AvgIpc) is 2.85. The fourth-order valence-electron chi connectivity index (χ4n) is 3.82. The molecule has 27 heavy (non-hydrogen) atoms. The summed E-state index contributed by atoms with van der Waals surface area (Å²) in [5.41, 5.74) is 13.0. The summed E-state index contributed by atoms with van der Waals surface area (Å²) in [4.78, 5) is 13.1. The van der Waals surface area contributed by atoms with E-state index in [0.29, 0.717) is 11.4 Å². The minimum absolute atomic E-state index is 0.0152. The van der Waals surface area contributed by atoms with Crippen LogP contribution in [0.15, 0.2) is 12.1 Å². The zero-order valence-electron chi connectivity index (χ0n) is 17.0. The fourth-order valence-corrected chi connectivity index (χ4v) is 4.46. The molecule has 146 valence electrons. The molecule has 3 N–H and O–H groups in total. The first-order valence-corrected chi connectivity index (χ1v) is 10.6. The molecule has 0 bridgehead atoms. The summed E-state index contributed by atoms with van der Waals surface area (Å²) in [5.74, 6) is 1.55. The van der Waals surface area contributed by atoms with Crippen LogP contribution in [-0.4, -0.2) is 29.4 Å². The van der Waals surface area contributed by atoms with Gasteiger partial charge in [0.2, 0.25) is 0 Å². The number of aromatic nitrogens is 1. The van der Waals surface area contributed by atoms with E-state index in [1.165, 1.54) is 11.1 Å². The van der Waals surface area contributed by atoms with Gasteiger partial charge >= 0.3 is 0 Å². The van der Waals surface area contributed by atoms with Crippen molar-refractivity contribution in [1.29, 1.82) is 0 Å². The van der Waals surface area contributed by atoms with Crippen molar-refractivity contribution < 1.29 is 9.53 Å². The normalized spacial score (nSPS) is 13.1. The number of aryl methyl sites for hydroxylation is 1. The monoisotopic (exact) mass is 387 g/mol. The van der Waals surface area contributed by atoms with Gasteiger partial charge in [0, 0.05) is 23.4 Å². The summed E-state index contributed by atoms with van der Waals surface area (Å²) in [5, 5.41) is 3.12. The van der Waals surface area contributed by atoms with E-state index in [4.69, 9.17) is 10.5 Å². The van der Waals surface area contributed by atoms with E-state index in [1.807, 2.05) is 32.9 Å². The lowest BCUT2D eigenvalue weighted by Crippen LogP contribution is -2.41. The Bertz CT molecular complexity index is 894. The van der Waals surface area contributed by atoms with Crippen molar-refractivity contribution in [2.24, 2.45) is 0 Å². The zero-order valence-corrected chi connectivity index (χ0v) is 17.8. The fraction of sp³-hybridized carbons (Fsp3) is 0.476. The molecule has 0 fully saturated rings. The van der Waals surface area contributed by atoms with Gasteiger partial charge in [-0.15, -0.1) is 0 Å². The van der Waals surface area contributed by atoms with Crippen LogP contribution < -0.4 is 15.8 Å². The molecule has 0 spiro atoms. The number of carbonyl (C=O) groups is 1. The number of carbonyl (C=O) groups excluding carboxylic acids is 1. The van der Waals surface area contributed by atoms with E-state index in [-0.39, 0.29) is 11.4 Å². The van der Waals surface area contributed by atoms with Gasteiger partial charge in [0.05, 0.1) is 18.5 Å². The number of nitrogen functional groups attached to an aromatic ring is 1. The maximum Gasteiger partial charge on any atom is 0.268 e. The van der Waals surface area contributed by atoms with Crippen LogP contribution >= 0.6 is 11.8 Å². The van der Waals surface area contributed by atoms with Crippen molar-refractivity contribution in [3.05, 3.63) is 34.5 Å². The number of fused-ring (bicyclic) bond motifs is 3. The summed E-state index contributed by atoms with van der Waals surface area (Å²) in [6, 6.07) is 4.03. The highest BCUT2D eigenvalue weighted by Gasteiger charge is 2.30. The van der Waals surface area contributed by atoms with Crippen LogP contribution in [0.2, 0.25) is 0 Å². The number of thioether (sulfide) groups is 1. The summed E-state index contributed by atoms with van der Waals surface area (Å²) in [7, 11) is 1.64. The maximum absolute atomic E-state index is 13.1. The molecule has 0 saturated heterocycles. The molecule has 1 aliphatic rings. The van der Waals surface area contributed by atoms with Gasteiger partial charge in [-0.05, 0) is 69.2 Å². The number of methoxy groups -OCH3 is 1. The molecule has 1 aliphatic heterocycles. The number of rotatable bonds is 4. The van der Waals surface area contributed by atoms with Gasteiger partial charge in [-0.3, -0.25) is 4.79 Å². The first-order valence-electron chi connectivity index (χ1n) is 9.18. The molecule has 0 radical (unpaired) electrons. The smallest absolute Gasteiger partial charge is 0.268 e. The molecule has 2 heterocycles. The summed E-state index contributed by atoms with van der Waals surface area (Å²) in [6.07, 6.45) is 2.94. The highest BCUT2D eigenvalue weighted by atomic mass is 32.2. The highest BCUT2D eigenvalue weighted by Crippen LogP contribution is 2.42. The predicted molar refractivity (Wildman–Crippen MR) is 114 cm³/mol. The lowest BCUT2D eigenvalue weighted by Gasteiger charge is -2.25. The lowest BCUT2D eigenvalue weighted by molar-refractivity contribution is 0.0909. The van der Waals surface area contributed by atoms with E-state index >= 15 is 0 Å². The van der Waals surface area contributed by atoms with Gasteiger partial charge in [-0.2, -0.15) is 11.8 Å². The molecule has 3 rings (SSSR count). The number of nitrogens with one attached hydrogen (secondary N) is 1. The molecule has 6 heteroatoms. The van der Waals surface area contributed by atoms with Crippen molar-refractivity contribution in [2.45, 2.75) is 52.0 Å². The maximum atomic E-state index is 13.1. The number of hydrogen-bond acceptors (Lipinski definition) is 4. The predicted octanol–water partition coefficient (Wildman–Crippen LogP) is 4.00. The molecule has 0 unspecified atom stereocenters. The molecule has 1 aromatic carbocycles. The second kappa shape index (κ2) is 7.15. The topological polar surface area (TPSA) is 69.3 Å². The standard InChI is InChI=1S/C21H29N3O2S/c1-12-15(11-27-6)19-14-10-16(22)17(26-5)9-13(14)7-8-24(19)18(12)20(25)23-21(2,3)4/h9-10H,7-8,11,22H2,1-6H3,(H,23,25). The highest BCUT2D eigenvalue weighted by molar-refractivity contribution is 7.97. The second-order valence-electron chi connectivity index (χ2n) is 8.09. The Morgan fingerprint density at radius 2 is 2.07 bits per heavy atom. The molecule has 0 aliphatic carbocycles. The number of anilines is 1. The van der Waals surface area contributed by atoms with Gasteiger partial charge in [-0.1, -0.05) is 0 Å². The van der Waals surface area contributed by atoms with Gasteiger partial charge in [0.1, 0.15) is 11.4 Å². The zero-order chi connectivity index (χ0) is 19.9. The Balaban J connectivity index is 2.22. The van der Waals surface area contributed by atoms with Crippen molar-refractivity contribution in [3.8, 4) is 17.0 Å². The van der Waals surface area contributed by atoms with E-state index in [9.17, 15) is 4.79 Å². The second-order valence-corrected chi connectivity index (χ2v) is 8.96. The van der Waals surface area contributed by atoms with Crippen LogP contribution in [0.4, 0.5) is 5.69 Å². The number of hydrogen-bond donors (Lipinski definition) is 2. The Kier molecular flexibility index (Phi) is 5.21. The van der Waals surface area contributed by atoms with Crippen LogP contribution in [-0.2, 0) is 18.7 Å². The third-order valence-electron chi connectivity index (χ3n) is 4.94. The first kappa shape index (κ1) is 19.7. The van der Waals surface area contributed by atoms with E-state index in [2.05, 4.69) is 23.1 Å². The summed E-state index contributed by atoms with van der Waals surface area (Å²) < 4.78 is 7.58. The molecule has 5 nitrogen and oxygen atoms in total. The minimum Gasteiger partial charge on any atom is -0.495 e. The van der Waals surface area contributed by atoms with Crippen LogP contribution in [0.5, 0.6) is 5.75 Å². The van der Waals surface area contributed by atoms with Gasteiger partial charge in [0.15, 0.2) is 0 Å². The Morgan fingerprint density at radius 1 is 1.37 bits per heavy atom. The van der Waals surface area contributed by atoms with Crippen molar-refractivity contribution in [2.75, 3.05) is 19.1 Å². The molecule has 0 saturated carbocycles. The number of nitrogens with zero attached hydrogens (tertiary/aromatic N) is 1. The number of ether oxygens (including phenoxy) is 1. The Labute approximate surface area is 165 Å². The SMILES string of the molecule is COc1cc2c(cc1N)-c1c(CSC)c(C)c(C(=O)NC(C)(C)C)n1CC2. The number of benzene rings is 1. The van der Waals surface area contributed by atoms with Gasteiger partial charge < -0.3 is 20.4 Å². The van der Waals surface area contributed by atoms with Crippen LogP contribution in [0.3, 0.4) is 0 Å². The average molecular weight is 388 g/mol. The first-order chi connectivity index (χ1) is 12.7. The van der Waals surface area contributed by atoms with Crippen LogP contribution in [0, 0.1) is 6.92 Å². The van der Waals surface area contributed by atoms with Gasteiger partial charge in [-0.25, -0.2) is 0 Å². The van der Waals surface area contributed by atoms with Crippen molar-refractivity contribution in [1.82, 2.24) is 9.88 Å². The molecule has 0 atom stereocenters. The van der Waals surface area contributed by atoms with Gasteiger partial charge in [0.25, 0.3) is 5.91 Å². The Morgan fingerprint density at radius 3 is 2.67 bits per heavy atom. The molecule has 1 amide bonds. The quantitative estimate of drug-likeness (QED) is 0.778. The van der Waals surface area contributed by atoms with E-state index in [1.54, 1.807) is 18.9 Å². The van der Waals surface area contributed by atoms with E-state index in [0.717, 1.165) is 41.2 Å². The Hall–Kier alpha value is -2.08. The minimum atomic E-state index is -0.279. The molecule has 2 aromatic rings.